The smallest absolute Gasteiger partial charge is 0.272 e. The monoisotopic (exact) mass is 329 g/mol. The number of phenols is 1. The van der Waals surface area contributed by atoms with Crippen molar-refractivity contribution in [1.82, 2.24) is 4.98 Å². The number of nitrogens with one attached hydrogen (secondary N) is 2. The second-order valence-corrected chi connectivity index (χ2v) is 6.49. The molecule has 3 aromatic rings. The summed E-state index contributed by atoms with van der Waals surface area (Å²) in [5.41, 5.74) is 7.60. The number of thiophene rings is 1. The first-order chi connectivity index (χ1) is 10.9. The van der Waals surface area contributed by atoms with Gasteiger partial charge in [-0.15, -0.1) is 11.3 Å². The minimum absolute atomic E-state index is 0.129. The minimum atomic E-state index is -0.566. The Hall–Kier alpha value is -2.80. The van der Waals surface area contributed by atoms with Gasteiger partial charge in [0.1, 0.15) is 16.4 Å². The summed E-state index contributed by atoms with van der Waals surface area (Å²) in [6, 6.07) is 6.44. The van der Waals surface area contributed by atoms with Crippen LogP contribution >= 0.6 is 11.3 Å². The van der Waals surface area contributed by atoms with E-state index in [0.29, 0.717) is 16.3 Å². The van der Waals surface area contributed by atoms with Crippen LogP contribution in [0.4, 0.5) is 5.00 Å². The molecule has 0 unspecified atom stereocenters. The van der Waals surface area contributed by atoms with Crippen molar-refractivity contribution in [3.05, 3.63) is 46.0 Å². The molecule has 6 nitrogen and oxygen atoms in total. The standard InChI is InChI=1S/C16H15N3O3S/c1-7-8(2)23-16(13(7)14(17)21)19-15(22)12-6-9-5-10(20)3-4-11(9)18-12/h3-6,18,20H,1-2H3,(H2,17,21)(H,19,22). The number of primary amides is 1. The van der Waals surface area contributed by atoms with Crippen LogP contribution < -0.4 is 11.1 Å². The number of anilines is 1. The fourth-order valence-electron chi connectivity index (χ4n) is 2.42. The van der Waals surface area contributed by atoms with E-state index >= 15 is 0 Å². The lowest BCUT2D eigenvalue weighted by Crippen LogP contribution is -2.17. The van der Waals surface area contributed by atoms with Crippen LogP contribution in [0.2, 0.25) is 0 Å². The zero-order valence-corrected chi connectivity index (χ0v) is 13.4. The molecule has 118 valence electrons. The Morgan fingerprint density at radius 1 is 1.26 bits per heavy atom. The Bertz CT molecular complexity index is 940. The van der Waals surface area contributed by atoms with Crippen molar-refractivity contribution in [3.63, 3.8) is 0 Å². The first-order valence-electron chi connectivity index (χ1n) is 6.89. The van der Waals surface area contributed by atoms with E-state index in [1.807, 2.05) is 6.92 Å². The van der Waals surface area contributed by atoms with E-state index in [1.54, 1.807) is 25.1 Å². The molecule has 2 aromatic heterocycles. The third-order valence-corrected chi connectivity index (χ3v) is 4.83. The highest BCUT2D eigenvalue weighted by molar-refractivity contribution is 7.16. The molecule has 0 aliphatic rings. The van der Waals surface area contributed by atoms with Gasteiger partial charge in [0.05, 0.1) is 5.56 Å². The fourth-order valence-corrected chi connectivity index (χ4v) is 3.49. The second kappa shape index (κ2) is 5.44. The number of hydrogen-bond acceptors (Lipinski definition) is 4. The number of phenolic OH excluding ortho intramolecular Hbond substituents is 1. The number of rotatable bonds is 3. The Balaban J connectivity index is 1.95. The molecule has 0 aliphatic carbocycles. The maximum absolute atomic E-state index is 12.4. The van der Waals surface area contributed by atoms with Crippen LogP contribution in [0.3, 0.4) is 0 Å². The van der Waals surface area contributed by atoms with Gasteiger partial charge in [-0.25, -0.2) is 0 Å². The number of nitrogens with two attached hydrogens (primary N) is 1. The van der Waals surface area contributed by atoms with E-state index in [9.17, 15) is 14.7 Å². The Morgan fingerprint density at radius 3 is 2.70 bits per heavy atom. The molecule has 2 amide bonds. The summed E-state index contributed by atoms with van der Waals surface area (Å²) in [6.07, 6.45) is 0. The molecule has 0 bridgehead atoms. The quantitative estimate of drug-likeness (QED) is 0.593. The zero-order chi connectivity index (χ0) is 16.7. The number of amides is 2. The zero-order valence-electron chi connectivity index (χ0n) is 12.6. The predicted molar refractivity (Wildman–Crippen MR) is 90.2 cm³/mol. The molecule has 1 aromatic carbocycles. The van der Waals surface area contributed by atoms with Crippen LogP contribution in [0.25, 0.3) is 10.9 Å². The van der Waals surface area contributed by atoms with Crippen LogP contribution in [-0.4, -0.2) is 21.9 Å². The molecule has 3 rings (SSSR count). The Morgan fingerprint density at radius 2 is 2.00 bits per heavy atom. The highest BCUT2D eigenvalue weighted by atomic mass is 32.1. The lowest BCUT2D eigenvalue weighted by atomic mass is 10.1. The van der Waals surface area contributed by atoms with Crippen molar-refractivity contribution < 1.29 is 14.7 Å². The Kier molecular flexibility index (Phi) is 3.57. The molecular formula is C16H15N3O3S. The number of benzene rings is 1. The molecule has 0 radical (unpaired) electrons. The average Bonchev–Trinajstić information content (AvgIpc) is 3.00. The first kappa shape index (κ1) is 15.1. The number of H-pyrrole nitrogens is 1. The van der Waals surface area contributed by atoms with Crippen LogP contribution in [0.15, 0.2) is 24.3 Å². The summed E-state index contributed by atoms with van der Waals surface area (Å²) in [4.78, 5) is 27.9. The minimum Gasteiger partial charge on any atom is -0.508 e. The lowest BCUT2D eigenvalue weighted by Gasteiger charge is -2.03. The summed E-state index contributed by atoms with van der Waals surface area (Å²) in [6.45, 7) is 3.67. The molecular weight excluding hydrogens is 314 g/mol. The van der Waals surface area contributed by atoms with Crippen molar-refractivity contribution in [2.45, 2.75) is 13.8 Å². The number of aromatic hydroxyl groups is 1. The largest absolute Gasteiger partial charge is 0.508 e. The number of carbonyl (C=O) groups is 2. The highest BCUT2D eigenvalue weighted by Gasteiger charge is 2.20. The van der Waals surface area contributed by atoms with Crippen LogP contribution in [0.1, 0.15) is 31.3 Å². The van der Waals surface area contributed by atoms with Gasteiger partial charge < -0.3 is 21.1 Å². The number of aromatic amines is 1. The van der Waals surface area contributed by atoms with Gasteiger partial charge in [0.15, 0.2) is 0 Å². The van der Waals surface area contributed by atoms with Crippen LogP contribution in [-0.2, 0) is 0 Å². The molecule has 0 fully saturated rings. The summed E-state index contributed by atoms with van der Waals surface area (Å²) in [5.74, 6) is -0.808. The van der Waals surface area contributed by atoms with Crippen LogP contribution in [0.5, 0.6) is 5.75 Å². The number of aryl methyl sites for hydroxylation is 1. The molecule has 0 spiro atoms. The maximum atomic E-state index is 12.4. The van der Waals surface area contributed by atoms with E-state index < -0.39 is 5.91 Å². The number of aromatic nitrogens is 1. The van der Waals surface area contributed by atoms with Gasteiger partial charge in [-0.3, -0.25) is 9.59 Å². The summed E-state index contributed by atoms with van der Waals surface area (Å²) < 4.78 is 0. The van der Waals surface area contributed by atoms with E-state index in [1.165, 1.54) is 17.4 Å². The van der Waals surface area contributed by atoms with Gasteiger partial charge >= 0.3 is 0 Å². The van der Waals surface area contributed by atoms with E-state index in [2.05, 4.69) is 10.3 Å². The molecule has 0 saturated heterocycles. The molecule has 5 N–H and O–H groups in total. The summed E-state index contributed by atoms with van der Waals surface area (Å²) >= 11 is 1.31. The second-order valence-electron chi connectivity index (χ2n) is 5.26. The van der Waals surface area contributed by atoms with Gasteiger partial charge in [0.2, 0.25) is 0 Å². The van der Waals surface area contributed by atoms with Crippen LogP contribution in [0, 0.1) is 13.8 Å². The third kappa shape index (κ3) is 2.66. The number of hydrogen-bond donors (Lipinski definition) is 4. The van der Waals surface area contributed by atoms with Crippen molar-refractivity contribution in [2.24, 2.45) is 5.73 Å². The lowest BCUT2D eigenvalue weighted by molar-refractivity contribution is 0.100. The van der Waals surface area contributed by atoms with Gasteiger partial charge in [-0.1, -0.05) is 0 Å². The predicted octanol–water partition coefficient (Wildman–Crippen LogP) is 2.90. The van der Waals surface area contributed by atoms with E-state index in [0.717, 1.165) is 21.3 Å². The van der Waals surface area contributed by atoms with E-state index in [-0.39, 0.29) is 11.7 Å². The highest BCUT2D eigenvalue weighted by Crippen LogP contribution is 2.32. The van der Waals surface area contributed by atoms with Gasteiger partial charge in [-0.2, -0.15) is 0 Å². The Labute approximate surface area is 135 Å². The van der Waals surface area contributed by atoms with E-state index in [4.69, 9.17) is 5.73 Å². The third-order valence-electron chi connectivity index (χ3n) is 3.71. The number of carbonyl (C=O) groups excluding carboxylic acids is 2. The molecule has 7 heteroatoms. The van der Waals surface area contributed by atoms with Gasteiger partial charge in [0.25, 0.3) is 11.8 Å². The van der Waals surface area contributed by atoms with Crippen molar-refractivity contribution in [2.75, 3.05) is 5.32 Å². The van der Waals surface area contributed by atoms with Gasteiger partial charge in [-0.05, 0) is 43.7 Å². The molecule has 23 heavy (non-hydrogen) atoms. The summed E-state index contributed by atoms with van der Waals surface area (Å²) in [7, 11) is 0. The molecule has 2 heterocycles. The normalized spacial score (nSPS) is 10.9. The fraction of sp³-hybridized carbons (Fsp3) is 0.125. The van der Waals surface area contributed by atoms with Crippen molar-refractivity contribution >= 4 is 39.1 Å². The van der Waals surface area contributed by atoms with Gasteiger partial charge in [0, 0.05) is 15.8 Å². The number of fused-ring (bicyclic) bond motifs is 1. The maximum Gasteiger partial charge on any atom is 0.272 e. The topological polar surface area (TPSA) is 108 Å². The van der Waals surface area contributed by atoms with Crippen molar-refractivity contribution in [1.29, 1.82) is 0 Å². The SMILES string of the molecule is Cc1sc(NC(=O)c2cc3cc(O)ccc3[nH]2)c(C(N)=O)c1C. The summed E-state index contributed by atoms with van der Waals surface area (Å²) in [5, 5.41) is 13.4. The average molecular weight is 329 g/mol. The molecule has 0 atom stereocenters. The van der Waals surface area contributed by atoms with Crippen molar-refractivity contribution in [3.8, 4) is 5.75 Å². The molecule has 0 saturated carbocycles. The molecule has 0 aliphatic heterocycles. The first-order valence-corrected chi connectivity index (χ1v) is 7.71.